The van der Waals surface area contributed by atoms with Crippen LogP contribution in [0, 0.1) is 16.0 Å². The van der Waals surface area contributed by atoms with Crippen molar-refractivity contribution in [2.75, 3.05) is 7.11 Å². The highest BCUT2D eigenvalue weighted by molar-refractivity contribution is 5.69. The molecule has 0 amide bonds. The molecule has 0 saturated heterocycles. The van der Waals surface area contributed by atoms with Crippen LogP contribution in [0.2, 0.25) is 0 Å². The van der Waals surface area contributed by atoms with Crippen LogP contribution in [0.3, 0.4) is 0 Å². The monoisotopic (exact) mass is 280 g/mol. The fourth-order valence-electron chi connectivity index (χ4n) is 1.89. The number of carbonyl (C=O) groups is 1. The van der Waals surface area contributed by atoms with Gasteiger partial charge < -0.3 is 10.1 Å². The van der Waals surface area contributed by atoms with Crippen molar-refractivity contribution < 1.29 is 14.5 Å². The van der Waals surface area contributed by atoms with Crippen molar-refractivity contribution in [2.45, 2.75) is 32.9 Å². The topological polar surface area (TPSA) is 81.5 Å². The molecule has 0 aliphatic rings. The number of nitrogens with zero attached hydrogens (tertiary/aromatic N) is 1. The van der Waals surface area contributed by atoms with Crippen LogP contribution in [0.15, 0.2) is 24.3 Å². The maximum Gasteiger partial charge on any atom is 0.307 e. The lowest BCUT2D eigenvalue weighted by atomic mass is 10.0. The summed E-state index contributed by atoms with van der Waals surface area (Å²) in [7, 11) is 1.35. The Bertz CT molecular complexity index is 474. The van der Waals surface area contributed by atoms with Crippen LogP contribution in [-0.2, 0) is 16.1 Å². The third-order valence-corrected chi connectivity index (χ3v) is 3.16. The number of nitrogens with one attached hydrogen (secondary N) is 1. The molecule has 1 aromatic rings. The van der Waals surface area contributed by atoms with E-state index < -0.39 is 4.92 Å². The summed E-state index contributed by atoms with van der Waals surface area (Å²) in [5.74, 6) is -0.0735. The van der Waals surface area contributed by atoms with E-state index in [0.717, 1.165) is 0 Å². The zero-order valence-corrected chi connectivity index (χ0v) is 12.0. The first-order valence-corrected chi connectivity index (χ1v) is 6.48. The first kappa shape index (κ1) is 16.1. The van der Waals surface area contributed by atoms with Gasteiger partial charge in [0.05, 0.1) is 18.5 Å². The Balaban J connectivity index is 2.73. The Morgan fingerprint density at radius 1 is 1.40 bits per heavy atom. The van der Waals surface area contributed by atoms with Gasteiger partial charge in [-0.1, -0.05) is 32.0 Å². The van der Waals surface area contributed by atoms with Crippen LogP contribution >= 0.6 is 0 Å². The lowest BCUT2D eigenvalue weighted by molar-refractivity contribution is -0.385. The molecule has 0 aliphatic heterocycles. The Labute approximate surface area is 118 Å². The quantitative estimate of drug-likeness (QED) is 0.470. The Morgan fingerprint density at radius 3 is 2.60 bits per heavy atom. The Kier molecular flexibility index (Phi) is 6.11. The Hall–Kier alpha value is -1.95. The van der Waals surface area contributed by atoms with Gasteiger partial charge in [-0.3, -0.25) is 14.9 Å². The summed E-state index contributed by atoms with van der Waals surface area (Å²) in [6.07, 6.45) is 0.245. The summed E-state index contributed by atoms with van der Waals surface area (Å²) in [6.45, 7) is 4.32. The van der Waals surface area contributed by atoms with Gasteiger partial charge in [-0.15, -0.1) is 0 Å². The number of nitro groups is 1. The molecule has 1 rings (SSSR count). The van der Waals surface area contributed by atoms with Crippen molar-refractivity contribution in [3.63, 3.8) is 0 Å². The van der Waals surface area contributed by atoms with Gasteiger partial charge in [0, 0.05) is 24.2 Å². The van der Waals surface area contributed by atoms with E-state index in [4.69, 9.17) is 0 Å². The zero-order valence-electron chi connectivity index (χ0n) is 12.0. The maximum atomic E-state index is 11.3. The molecular weight excluding hydrogens is 260 g/mol. The van der Waals surface area contributed by atoms with Gasteiger partial charge in [0.15, 0.2) is 0 Å². The minimum Gasteiger partial charge on any atom is -0.469 e. The molecule has 0 fully saturated rings. The number of hydrogen-bond donors (Lipinski definition) is 1. The summed E-state index contributed by atoms with van der Waals surface area (Å²) in [6, 6.07) is 6.50. The molecule has 1 unspecified atom stereocenters. The van der Waals surface area contributed by atoms with Crippen molar-refractivity contribution in [3.8, 4) is 0 Å². The smallest absolute Gasteiger partial charge is 0.307 e. The zero-order chi connectivity index (χ0) is 15.1. The molecule has 1 atom stereocenters. The van der Waals surface area contributed by atoms with E-state index in [1.54, 1.807) is 18.2 Å². The fourth-order valence-corrected chi connectivity index (χ4v) is 1.89. The molecule has 0 radical (unpaired) electrons. The van der Waals surface area contributed by atoms with Crippen LogP contribution < -0.4 is 5.32 Å². The van der Waals surface area contributed by atoms with E-state index in [9.17, 15) is 14.9 Å². The third kappa shape index (κ3) is 4.62. The number of rotatable bonds is 7. The summed E-state index contributed by atoms with van der Waals surface area (Å²) in [5, 5.41) is 14.1. The van der Waals surface area contributed by atoms with Crippen molar-refractivity contribution >= 4 is 11.7 Å². The van der Waals surface area contributed by atoms with E-state index in [-0.39, 0.29) is 30.0 Å². The number of ether oxygens (including phenoxy) is 1. The van der Waals surface area contributed by atoms with E-state index >= 15 is 0 Å². The predicted octanol–water partition coefficient (Wildman–Crippen LogP) is 2.27. The highest BCUT2D eigenvalue weighted by Crippen LogP contribution is 2.18. The molecule has 1 N–H and O–H groups in total. The molecular formula is C14H20N2O4. The molecule has 6 heteroatoms. The molecule has 1 aromatic carbocycles. The summed E-state index contributed by atoms with van der Waals surface area (Å²) in [5.41, 5.74) is 0.689. The number of para-hydroxylation sites is 1. The van der Waals surface area contributed by atoms with E-state index in [1.165, 1.54) is 13.2 Å². The van der Waals surface area contributed by atoms with Crippen LogP contribution in [0.1, 0.15) is 25.8 Å². The summed E-state index contributed by atoms with van der Waals surface area (Å²) >= 11 is 0. The highest BCUT2D eigenvalue weighted by Gasteiger charge is 2.19. The first-order valence-electron chi connectivity index (χ1n) is 6.48. The fraction of sp³-hybridized carbons (Fsp3) is 0.500. The van der Waals surface area contributed by atoms with Crippen LogP contribution in [0.5, 0.6) is 0 Å². The standard InChI is InChI=1S/C14H20N2O4/c1-10(2)12(8-14(17)20-3)15-9-11-6-4-5-7-13(11)16(18)19/h4-7,10,12,15H,8-9H2,1-3H3. The van der Waals surface area contributed by atoms with E-state index in [0.29, 0.717) is 12.1 Å². The second kappa shape index (κ2) is 7.59. The largest absolute Gasteiger partial charge is 0.469 e. The third-order valence-electron chi connectivity index (χ3n) is 3.16. The van der Waals surface area contributed by atoms with Gasteiger partial charge in [0.1, 0.15) is 0 Å². The van der Waals surface area contributed by atoms with Crippen molar-refractivity contribution in [1.82, 2.24) is 5.32 Å². The molecule has 110 valence electrons. The van der Waals surface area contributed by atoms with Crippen molar-refractivity contribution in [1.29, 1.82) is 0 Å². The molecule has 0 aromatic heterocycles. The van der Waals surface area contributed by atoms with Crippen LogP contribution in [0.4, 0.5) is 5.69 Å². The number of methoxy groups -OCH3 is 1. The second-order valence-electron chi connectivity index (χ2n) is 4.90. The molecule has 20 heavy (non-hydrogen) atoms. The number of nitro benzene ring substituents is 1. The number of carbonyl (C=O) groups excluding carboxylic acids is 1. The maximum absolute atomic E-state index is 11.3. The lowest BCUT2D eigenvalue weighted by Gasteiger charge is -2.21. The van der Waals surface area contributed by atoms with Gasteiger partial charge in [0.25, 0.3) is 5.69 Å². The second-order valence-corrected chi connectivity index (χ2v) is 4.90. The summed E-state index contributed by atoms with van der Waals surface area (Å²) < 4.78 is 4.66. The van der Waals surface area contributed by atoms with Crippen molar-refractivity contribution in [3.05, 3.63) is 39.9 Å². The number of hydrogen-bond acceptors (Lipinski definition) is 5. The van der Waals surface area contributed by atoms with Gasteiger partial charge in [-0.05, 0) is 5.92 Å². The van der Waals surface area contributed by atoms with Gasteiger partial charge >= 0.3 is 5.97 Å². The summed E-state index contributed by atoms with van der Waals surface area (Å²) in [4.78, 5) is 21.9. The molecule has 0 aliphatic carbocycles. The predicted molar refractivity (Wildman–Crippen MR) is 75.2 cm³/mol. The van der Waals surface area contributed by atoms with E-state index in [1.807, 2.05) is 13.8 Å². The van der Waals surface area contributed by atoms with Gasteiger partial charge in [0.2, 0.25) is 0 Å². The number of benzene rings is 1. The SMILES string of the molecule is COC(=O)CC(NCc1ccccc1[N+](=O)[O-])C(C)C. The number of esters is 1. The minimum atomic E-state index is -0.401. The normalized spacial score (nSPS) is 12.2. The van der Waals surface area contributed by atoms with Crippen molar-refractivity contribution in [2.24, 2.45) is 5.92 Å². The molecule has 0 heterocycles. The van der Waals surface area contributed by atoms with Gasteiger partial charge in [-0.25, -0.2) is 0 Å². The average molecular weight is 280 g/mol. The molecule has 0 saturated carbocycles. The molecule has 0 bridgehead atoms. The highest BCUT2D eigenvalue weighted by atomic mass is 16.6. The first-order chi connectivity index (χ1) is 9.45. The molecule has 6 nitrogen and oxygen atoms in total. The molecule has 0 spiro atoms. The van der Waals surface area contributed by atoms with Crippen LogP contribution in [-0.4, -0.2) is 24.0 Å². The lowest BCUT2D eigenvalue weighted by Crippen LogP contribution is -2.35. The van der Waals surface area contributed by atoms with Crippen LogP contribution in [0.25, 0.3) is 0 Å². The average Bonchev–Trinajstić information content (AvgIpc) is 2.42. The van der Waals surface area contributed by atoms with E-state index in [2.05, 4.69) is 10.1 Å². The van der Waals surface area contributed by atoms with Gasteiger partial charge in [-0.2, -0.15) is 0 Å². The minimum absolute atomic E-state index is 0.0812. The Morgan fingerprint density at radius 2 is 2.05 bits per heavy atom.